The summed E-state index contributed by atoms with van der Waals surface area (Å²) in [6, 6.07) is 13.9. The molecule has 232 valence electrons. The summed E-state index contributed by atoms with van der Waals surface area (Å²) in [6.45, 7) is 2.44. The molecule has 44 heavy (non-hydrogen) atoms. The number of benzene rings is 2. The molecule has 3 saturated carbocycles. The van der Waals surface area contributed by atoms with Crippen molar-refractivity contribution in [3.8, 4) is 11.5 Å². The predicted molar refractivity (Wildman–Crippen MR) is 155 cm³/mol. The maximum Gasteiger partial charge on any atom is 0.193 e. The number of allylic oxidation sites excluding steroid dienone is 4. The van der Waals surface area contributed by atoms with E-state index in [4.69, 9.17) is 19.9 Å². The number of carbonyl (C=O) groups is 2. The number of hydrogen-bond donors (Lipinski definition) is 3. The number of rotatable bonds is 5. The number of anilines is 1. The second kappa shape index (κ2) is 9.78. The molecule has 4 aliphatic carbocycles. The number of fused-ring (bicyclic) bond motifs is 7. The van der Waals surface area contributed by atoms with Crippen LogP contribution in [0, 0.1) is 22.7 Å². The first-order valence-corrected chi connectivity index (χ1v) is 14.9. The monoisotopic (exact) mass is 607 g/mol. The first-order chi connectivity index (χ1) is 20.9. The van der Waals surface area contributed by atoms with E-state index in [1.807, 2.05) is 0 Å². The molecule has 0 aromatic heterocycles. The molecular weight excluding hydrogens is 572 g/mol. The largest absolute Gasteiger partial charge is 0.457 e. The second-order valence-electron chi connectivity index (χ2n) is 13.2. The molecule has 4 fully saturated rings. The Labute approximate surface area is 253 Å². The van der Waals surface area contributed by atoms with Gasteiger partial charge in [-0.15, -0.1) is 0 Å². The van der Waals surface area contributed by atoms with Gasteiger partial charge >= 0.3 is 0 Å². The van der Waals surface area contributed by atoms with Crippen molar-refractivity contribution in [3.63, 3.8) is 0 Å². The van der Waals surface area contributed by atoms with Gasteiger partial charge in [0.25, 0.3) is 0 Å². The number of Topliss-reactive ketones (excluding diaryl/α,β-unsaturated/α-hetero) is 1. The maximum absolute atomic E-state index is 17.5. The molecule has 8 nitrogen and oxygen atoms in total. The summed E-state index contributed by atoms with van der Waals surface area (Å²) >= 11 is 0. The van der Waals surface area contributed by atoms with Crippen LogP contribution in [0.5, 0.6) is 11.5 Å². The molecule has 1 heterocycles. The summed E-state index contributed by atoms with van der Waals surface area (Å²) in [6.07, 6.45) is -1.59. The first-order valence-electron chi connectivity index (χ1n) is 14.9. The predicted octanol–water partition coefficient (Wildman–Crippen LogP) is 4.70. The molecule has 7 rings (SSSR count). The molecule has 0 radical (unpaired) electrons. The molecule has 2 aromatic carbocycles. The van der Waals surface area contributed by atoms with Crippen LogP contribution in [0.15, 0.2) is 72.3 Å². The van der Waals surface area contributed by atoms with Crippen molar-refractivity contribution in [2.75, 3.05) is 12.3 Å². The van der Waals surface area contributed by atoms with Gasteiger partial charge in [0.2, 0.25) is 0 Å². The summed E-state index contributed by atoms with van der Waals surface area (Å²) in [5.41, 5.74) is 0.297. The molecule has 1 aliphatic heterocycles. The number of carbonyl (C=O) groups excluding carboxylic acids is 2. The lowest BCUT2D eigenvalue weighted by Gasteiger charge is -2.63. The van der Waals surface area contributed by atoms with Crippen molar-refractivity contribution in [3.05, 3.63) is 77.9 Å². The summed E-state index contributed by atoms with van der Waals surface area (Å²) < 4.78 is 52.1. The van der Waals surface area contributed by atoms with Gasteiger partial charge in [-0.2, -0.15) is 0 Å². The van der Waals surface area contributed by atoms with Crippen molar-refractivity contribution in [1.82, 2.24) is 0 Å². The molecule has 1 unspecified atom stereocenters. The molecule has 0 bridgehead atoms. The number of nitrogens with two attached hydrogens (primary N) is 1. The average molecular weight is 608 g/mol. The van der Waals surface area contributed by atoms with Gasteiger partial charge < -0.3 is 30.2 Å². The van der Waals surface area contributed by atoms with Crippen molar-refractivity contribution in [2.24, 2.45) is 22.7 Å². The smallest absolute Gasteiger partial charge is 0.193 e. The molecule has 10 heteroatoms. The Kier molecular flexibility index (Phi) is 6.51. The molecule has 5 aliphatic rings. The van der Waals surface area contributed by atoms with Crippen LogP contribution in [0.25, 0.3) is 0 Å². The third-order valence-corrected chi connectivity index (χ3v) is 11.2. The van der Waals surface area contributed by atoms with E-state index < -0.39 is 76.8 Å². The molecule has 1 saturated heterocycles. The minimum atomic E-state index is -2.30. The Morgan fingerprint density at radius 1 is 1.11 bits per heavy atom. The second-order valence-corrected chi connectivity index (χ2v) is 13.2. The van der Waals surface area contributed by atoms with Crippen molar-refractivity contribution >= 4 is 17.3 Å². The van der Waals surface area contributed by atoms with Crippen molar-refractivity contribution in [1.29, 1.82) is 0 Å². The van der Waals surface area contributed by atoms with Gasteiger partial charge in [-0.25, -0.2) is 8.78 Å². The standard InChI is InChI=1S/C34H35F2NO7/c1-31-11-10-20(39)13-25(31)26(35)14-24-23-15-29-34(28(41)17-38,32(23,2)16-27(40)33(24,31)36)44-30(43-29)18-6-8-21(9-7-18)42-22-5-3-4-19(37)12-22/h3-13,23-24,26-27,29-30,38,40H,14-17,37H2,1-2H3/t23?,24-,26-,27-,29+,30+,31-,32-,33-,34+/m0/s1. The lowest BCUT2D eigenvalue weighted by atomic mass is 9.44. The maximum atomic E-state index is 17.5. The fraction of sp³-hybridized carbons (Fsp3) is 0.471. The van der Waals surface area contributed by atoms with Crippen LogP contribution in [-0.2, 0) is 19.1 Å². The third kappa shape index (κ3) is 3.74. The van der Waals surface area contributed by atoms with Gasteiger partial charge in [-0.05, 0) is 74.1 Å². The summed E-state index contributed by atoms with van der Waals surface area (Å²) in [5, 5.41) is 21.8. The van der Waals surface area contributed by atoms with E-state index in [9.17, 15) is 19.8 Å². The van der Waals surface area contributed by atoms with Crippen molar-refractivity contribution < 1.29 is 42.8 Å². The Morgan fingerprint density at radius 2 is 1.86 bits per heavy atom. The van der Waals surface area contributed by atoms with Gasteiger partial charge in [-0.3, -0.25) is 9.59 Å². The van der Waals surface area contributed by atoms with E-state index in [0.29, 0.717) is 22.7 Å². The lowest BCUT2D eigenvalue weighted by Crippen LogP contribution is -2.70. The van der Waals surface area contributed by atoms with Gasteiger partial charge in [-0.1, -0.05) is 31.2 Å². The molecule has 10 atom stereocenters. The number of nitrogen functional groups attached to an aromatic ring is 1. The SMILES string of the molecule is C[C@]12C=CC(=O)C=C1[C@@H](F)C[C@H]1C3C[C@H]4O[C@@H](c5ccc(Oc6cccc(N)c6)cc5)O[C@@]4(C(=O)CO)[C@@]3(C)C[C@H](O)[C@@]12F. The molecule has 2 aromatic rings. The molecule has 0 spiro atoms. The Balaban J connectivity index is 1.21. The summed E-state index contributed by atoms with van der Waals surface area (Å²) in [5.74, 6) is -1.56. The fourth-order valence-electron chi connectivity index (χ4n) is 9.12. The van der Waals surface area contributed by atoms with Gasteiger partial charge in [0, 0.05) is 34.1 Å². The van der Waals surface area contributed by atoms with Crippen LogP contribution in [-0.4, -0.2) is 58.0 Å². The zero-order chi connectivity index (χ0) is 31.2. The van der Waals surface area contributed by atoms with Crippen LogP contribution in [0.2, 0.25) is 0 Å². The number of aliphatic hydroxyl groups is 2. The number of alkyl halides is 2. The topological polar surface area (TPSA) is 128 Å². The van der Waals surface area contributed by atoms with E-state index in [1.165, 1.54) is 19.1 Å². The number of halogens is 2. The van der Waals surface area contributed by atoms with E-state index in [-0.39, 0.29) is 24.8 Å². The quantitative estimate of drug-likeness (QED) is 0.418. The molecule has 4 N–H and O–H groups in total. The van der Waals surface area contributed by atoms with Gasteiger partial charge in [0.05, 0.1) is 12.2 Å². The molecular formula is C34H35F2NO7. The van der Waals surface area contributed by atoms with E-state index in [2.05, 4.69) is 0 Å². The minimum absolute atomic E-state index is 0.0291. The Bertz CT molecular complexity index is 1590. The zero-order valence-corrected chi connectivity index (χ0v) is 24.4. The van der Waals surface area contributed by atoms with Gasteiger partial charge in [0.15, 0.2) is 29.1 Å². The Morgan fingerprint density at radius 3 is 2.57 bits per heavy atom. The first kappa shape index (κ1) is 29.3. The highest BCUT2D eigenvalue weighted by Gasteiger charge is 2.80. The number of hydrogen-bond acceptors (Lipinski definition) is 8. The van der Waals surface area contributed by atoms with Crippen LogP contribution >= 0.6 is 0 Å². The lowest BCUT2D eigenvalue weighted by molar-refractivity contribution is -0.235. The van der Waals surface area contributed by atoms with Crippen LogP contribution in [0.1, 0.15) is 45.0 Å². The average Bonchev–Trinajstić information content (AvgIpc) is 3.49. The highest BCUT2D eigenvalue weighted by molar-refractivity contribution is 6.01. The van der Waals surface area contributed by atoms with Crippen LogP contribution in [0.4, 0.5) is 14.5 Å². The van der Waals surface area contributed by atoms with Gasteiger partial charge in [0.1, 0.15) is 24.3 Å². The van der Waals surface area contributed by atoms with Crippen molar-refractivity contribution in [2.45, 2.75) is 69.0 Å². The van der Waals surface area contributed by atoms with Crippen LogP contribution < -0.4 is 10.5 Å². The molecule has 0 amide bonds. The van der Waals surface area contributed by atoms with E-state index in [1.54, 1.807) is 55.5 Å². The minimum Gasteiger partial charge on any atom is -0.457 e. The highest BCUT2D eigenvalue weighted by Crippen LogP contribution is 2.72. The Hall–Kier alpha value is -3.44. The normalized spacial score (nSPS) is 42.1. The van der Waals surface area contributed by atoms with Crippen LogP contribution in [0.3, 0.4) is 0 Å². The van der Waals surface area contributed by atoms with E-state index >= 15 is 8.78 Å². The summed E-state index contributed by atoms with van der Waals surface area (Å²) in [4.78, 5) is 25.8. The summed E-state index contributed by atoms with van der Waals surface area (Å²) in [7, 11) is 0. The number of ether oxygens (including phenoxy) is 3. The fourth-order valence-corrected chi connectivity index (χ4v) is 9.12. The zero-order valence-electron chi connectivity index (χ0n) is 24.4. The number of ketones is 2. The highest BCUT2D eigenvalue weighted by atomic mass is 19.1. The number of aliphatic hydroxyl groups excluding tert-OH is 2. The third-order valence-electron chi connectivity index (χ3n) is 11.2. The van der Waals surface area contributed by atoms with E-state index in [0.717, 1.165) is 6.08 Å².